The highest BCUT2D eigenvalue weighted by molar-refractivity contribution is 7.98. The molecule has 5 aromatic rings. The van der Waals surface area contributed by atoms with E-state index >= 15 is 0 Å². The lowest BCUT2D eigenvalue weighted by Crippen LogP contribution is -2.07. The number of benzene rings is 2. The van der Waals surface area contributed by atoms with Crippen molar-refractivity contribution in [1.82, 2.24) is 14.0 Å². The van der Waals surface area contributed by atoms with Crippen LogP contribution in [0.2, 0.25) is 0 Å². The number of carbonyl (C=O) groups is 1. The molecule has 0 spiro atoms. The molecule has 0 amide bonds. The molecular formula is C30H27F3N4O3S. The molecule has 212 valence electrons. The van der Waals surface area contributed by atoms with Crippen LogP contribution in [-0.2, 0) is 23.1 Å². The molecular weight excluding hydrogens is 553 g/mol. The zero-order valence-corrected chi connectivity index (χ0v) is 23.6. The topological polar surface area (TPSA) is 83.8 Å². The molecule has 0 aliphatic heterocycles. The van der Waals surface area contributed by atoms with E-state index in [1.54, 1.807) is 35.9 Å². The molecule has 0 fully saturated rings. The minimum absolute atomic E-state index is 0.119. The summed E-state index contributed by atoms with van der Waals surface area (Å²) in [4.78, 5) is 19.2. The van der Waals surface area contributed by atoms with Crippen LogP contribution < -0.4 is 5.73 Å². The van der Waals surface area contributed by atoms with Crippen molar-refractivity contribution >= 4 is 45.9 Å². The largest absolute Gasteiger partial charge is 0.501 e. The van der Waals surface area contributed by atoms with Crippen LogP contribution in [-0.4, -0.2) is 39.7 Å². The summed E-state index contributed by atoms with van der Waals surface area (Å²) in [7, 11) is 3.50. The van der Waals surface area contributed by atoms with Crippen LogP contribution in [0.4, 0.5) is 18.9 Å². The number of thioether (sulfide) groups is 1. The maximum absolute atomic E-state index is 14.0. The Morgan fingerprint density at radius 3 is 2.56 bits per heavy atom. The quantitative estimate of drug-likeness (QED) is 0.0696. The number of pyridine rings is 1. The van der Waals surface area contributed by atoms with Gasteiger partial charge in [0.1, 0.15) is 17.9 Å². The lowest BCUT2D eigenvalue weighted by Gasteiger charge is -2.15. The minimum Gasteiger partial charge on any atom is -0.501 e. The van der Waals surface area contributed by atoms with Crippen molar-refractivity contribution in [3.05, 3.63) is 89.0 Å². The molecule has 0 aliphatic carbocycles. The number of nitrogens with two attached hydrogens (primary N) is 1. The number of rotatable bonds is 9. The summed E-state index contributed by atoms with van der Waals surface area (Å²) >= 11 is 1.51. The molecule has 2 N–H and O–H groups in total. The maximum atomic E-state index is 14.0. The number of imidazole rings is 1. The zero-order chi connectivity index (χ0) is 29.4. The molecule has 2 aromatic carbocycles. The second-order valence-electron chi connectivity index (χ2n) is 9.22. The molecule has 5 rings (SSSR count). The number of aromatic nitrogens is 3. The summed E-state index contributed by atoms with van der Waals surface area (Å²) in [5, 5.41) is 0. The number of halogens is 3. The fourth-order valence-corrected chi connectivity index (χ4v) is 5.57. The van der Waals surface area contributed by atoms with Crippen LogP contribution in [0.1, 0.15) is 34.4 Å². The van der Waals surface area contributed by atoms with Gasteiger partial charge in [-0.1, -0.05) is 6.07 Å². The first-order valence-corrected chi connectivity index (χ1v) is 13.9. The molecule has 7 nitrogen and oxygen atoms in total. The van der Waals surface area contributed by atoms with Gasteiger partial charge >= 0.3 is 0 Å². The van der Waals surface area contributed by atoms with Gasteiger partial charge in [0.05, 0.1) is 35.3 Å². The highest BCUT2D eigenvalue weighted by Crippen LogP contribution is 2.43. The summed E-state index contributed by atoms with van der Waals surface area (Å²) < 4.78 is 56.0. The smallest absolute Gasteiger partial charge is 0.209 e. The highest BCUT2D eigenvalue weighted by atomic mass is 32.2. The molecule has 0 bridgehead atoms. The van der Waals surface area contributed by atoms with Crippen molar-refractivity contribution in [2.75, 3.05) is 25.7 Å². The number of nitrogen functional groups attached to an aromatic ring is 1. The van der Waals surface area contributed by atoms with Gasteiger partial charge in [-0.05, 0) is 49.6 Å². The Labute approximate surface area is 238 Å². The first-order valence-electron chi connectivity index (χ1n) is 12.6. The summed E-state index contributed by atoms with van der Waals surface area (Å²) in [6.07, 6.45) is 6.83. The second kappa shape index (κ2) is 11.3. The van der Waals surface area contributed by atoms with Gasteiger partial charge in [0.15, 0.2) is 17.5 Å². The van der Waals surface area contributed by atoms with Crippen molar-refractivity contribution in [2.24, 2.45) is 7.05 Å². The third-order valence-corrected chi connectivity index (χ3v) is 7.60. The molecule has 3 heterocycles. The van der Waals surface area contributed by atoms with E-state index < -0.39 is 23.2 Å². The minimum atomic E-state index is -1.64. The Morgan fingerprint density at radius 1 is 1.17 bits per heavy atom. The molecule has 0 saturated heterocycles. The summed E-state index contributed by atoms with van der Waals surface area (Å²) in [5.74, 6) is -4.50. The molecule has 11 heteroatoms. The van der Waals surface area contributed by atoms with E-state index in [2.05, 4.69) is 0 Å². The van der Waals surface area contributed by atoms with Gasteiger partial charge in [0.25, 0.3) is 0 Å². The van der Waals surface area contributed by atoms with Gasteiger partial charge < -0.3 is 24.2 Å². The fraction of sp³-hybridized carbons (Fsp3) is 0.200. The van der Waals surface area contributed by atoms with Gasteiger partial charge in [0, 0.05) is 47.5 Å². The van der Waals surface area contributed by atoms with Gasteiger partial charge in [-0.3, -0.25) is 4.79 Å². The number of carbonyl (C=O) groups excluding carboxylic acids is 1. The number of methoxy groups -OCH3 is 1. The van der Waals surface area contributed by atoms with E-state index in [-0.39, 0.29) is 11.3 Å². The lowest BCUT2D eigenvalue weighted by molar-refractivity contribution is 0.103. The highest BCUT2D eigenvalue weighted by Gasteiger charge is 2.24. The summed E-state index contributed by atoms with van der Waals surface area (Å²) in [6, 6.07) is 8.63. The molecule has 0 aliphatic rings. The van der Waals surface area contributed by atoms with E-state index in [1.165, 1.54) is 18.0 Å². The number of fused-ring (bicyclic) bond motifs is 2. The third-order valence-electron chi connectivity index (χ3n) is 6.84. The van der Waals surface area contributed by atoms with Gasteiger partial charge in [0.2, 0.25) is 5.78 Å². The Hall–Kier alpha value is -4.22. The number of ether oxygens (including phenoxy) is 2. The van der Waals surface area contributed by atoms with E-state index in [0.717, 1.165) is 16.0 Å². The van der Waals surface area contributed by atoms with Crippen LogP contribution >= 0.6 is 11.8 Å². The van der Waals surface area contributed by atoms with Crippen molar-refractivity contribution in [3.63, 3.8) is 0 Å². The summed E-state index contributed by atoms with van der Waals surface area (Å²) in [6.45, 7) is 2.58. The first-order chi connectivity index (χ1) is 19.7. The van der Waals surface area contributed by atoms with Crippen LogP contribution in [0.15, 0.2) is 53.8 Å². The molecule has 0 atom stereocenters. The van der Waals surface area contributed by atoms with Crippen molar-refractivity contribution < 1.29 is 27.4 Å². The number of anilines is 1. The van der Waals surface area contributed by atoms with E-state index in [1.807, 2.05) is 36.9 Å². The second-order valence-corrected chi connectivity index (χ2v) is 10.1. The van der Waals surface area contributed by atoms with Crippen molar-refractivity contribution in [2.45, 2.75) is 18.4 Å². The van der Waals surface area contributed by atoms with Crippen LogP contribution in [0.25, 0.3) is 33.8 Å². The molecule has 0 radical (unpaired) electrons. The summed E-state index contributed by atoms with van der Waals surface area (Å²) in [5.41, 5.74) is 11.2. The van der Waals surface area contributed by atoms with Crippen LogP contribution in [0, 0.1) is 17.5 Å². The molecule has 0 saturated carbocycles. The monoisotopic (exact) mass is 580 g/mol. The Kier molecular flexibility index (Phi) is 7.83. The van der Waals surface area contributed by atoms with Gasteiger partial charge in [-0.25, -0.2) is 18.2 Å². The number of aryl methyl sites for hydroxylation is 1. The van der Waals surface area contributed by atoms with Crippen LogP contribution in [0.3, 0.4) is 0 Å². The van der Waals surface area contributed by atoms with E-state index in [4.69, 9.17) is 20.2 Å². The van der Waals surface area contributed by atoms with Crippen molar-refractivity contribution in [3.8, 4) is 11.1 Å². The molecule has 41 heavy (non-hydrogen) atoms. The normalized spacial score (nSPS) is 11.8. The van der Waals surface area contributed by atoms with E-state index in [0.29, 0.717) is 59.0 Å². The zero-order valence-electron chi connectivity index (χ0n) is 22.8. The average molecular weight is 581 g/mol. The molecule has 0 unspecified atom stereocenters. The maximum Gasteiger partial charge on any atom is 0.209 e. The third kappa shape index (κ3) is 4.85. The number of ketones is 1. The van der Waals surface area contributed by atoms with Gasteiger partial charge in [-0.15, -0.1) is 11.8 Å². The Balaban J connectivity index is 1.80. The van der Waals surface area contributed by atoms with Crippen molar-refractivity contribution in [1.29, 1.82) is 0 Å². The lowest BCUT2D eigenvalue weighted by atomic mass is 10.0. The predicted molar refractivity (Wildman–Crippen MR) is 154 cm³/mol. The first kappa shape index (κ1) is 28.3. The van der Waals surface area contributed by atoms with Crippen LogP contribution in [0.5, 0.6) is 0 Å². The van der Waals surface area contributed by atoms with Gasteiger partial charge in [-0.2, -0.15) is 0 Å². The SMILES string of the molecule is CCO/C=C/c1cc(C(=O)c2cc(F)c(F)c(F)c2)n2cccc(-c3c(SC)cc4c(nc(COC)n4C)c3N)c12. The number of nitrogens with zero attached hydrogens (tertiary/aromatic N) is 3. The Bertz CT molecular complexity index is 1820. The fourth-order valence-electron chi connectivity index (χ4n) is 4.91. The standard InChI is InChI=1S/C30H27F3N4O3S/c1-5-40-10-8-16-13-22(30(38)17-11-19(31)26(33)20(32)12-17)37-9-6-7-18(29(16)37)25-23(41-4)14-21-28(27(25)34)35-24(15-39-3)36(21)2/h6-14H,5,15,34H2,1-4H3/b10-8+. The van der Waals surface area contributed by atoms with E-state index in [9.17, 15) is 18.0 Å². The molecule has 3 aromatic heterocycles. The number of hydrogen-bond acceptors (Lipinski definition) is 6. The number of hydrogen-bond donors (Lipinski definition) is 1. The Morgan fingerprint density at radius 2 is 1.90 bits per heavy atom. The average Bonchev–Trinajstić information content (AvgIpc) is 3.49. The predicted octanol–water partition coefficient (Wildman–Crippen LogP) is 6.60.